The van der Waals surface area contributed by atoms with Crippen molar-refractivity contribution in [1.82, 2.24) is 10.0 Å². The number of aryl methyl sites for hydroxylation is 1. The van der Waals surface area contributed by atoms with E-state index in [1.165, 1.54) is 0 Å². The summed E-state index contributed by atoms with van der Waals surface area (Å²) in [4.78, 5) is 0.285. The molecule has 0 heterocycles. The van der Waals surface area contributed by atoms with Crippen molar-refractivity contribution in [3.8, 4) is 0 Å². The first-order valence-corrected chi connectivity index (χ1v) is 9.18. The zero-order valence-corrected chi connectivity index (χ0v) is 15.1. The number of rotatable bonds is 9. The van der Waals surface area contributed by atoms with Crippen molar-refractivity contribution in [2.75, 3.05) is 26.8 Å². The Labute approximate surface area is 135 Å². The largest absolute Gasteiger partial charge is 0.385 e. The van der Waals surface area contributed by atoms with Gasteiger partial charge in [0.25, 0.3) is 0 Å². The van der Waals surface area contributed by atoms with Crippen molar-refractivity contribution < 1.29 is 13.2 Å². The highest BCUT2D eigenvalue weighted by atomic mass is 79.9. The first-order chi connectivity index (χ1) is 9.92. The third kappa shape index (κ3) is 5.67. The molecule has 1 rings (SSSR count). The molecule has 0 unspecified atom stereocenters. The maximum absolute atomic E-state index is 12.4. The highest BCUT2D eigenvalue weighted by Crippen LogP contribution is 2.27. The Morgan fingerprint density at radius 2 is 2.05 bits per heavy atom. The zero-order valence-electron chi connectivity index (χ0n) is 12.7. The van der Waals surface area contributed by atoms with Crippen LogP contribution in [0.5, 0.6) is 0 Å². The third-order valence-corrected chi connectivity index (χ3v) is 5.77. The second-order valence-corrected chi connectivity index (χ2v) is 7.28. The van der Waals surface area contributed by atoms with Gasteiger partial charge in [-0.25, -0.2) is 13.1 Å². The van der Waals surface area contributed by atoms with E-state index in [9.17, 15) is 8.42 Å². The van der Waals surface area contributed by atoms with Crippen LogP contribution in [0.4, 0.5) is 0 Å². The smallest absolute Gasteiger partial charge is 0.241 e. The summed E-state index contributed by atoms with van der Waals surface area (Å²) in [6, 6.07) is 3.69. The Bertz CT molecular complexity index is 562. The van der Waals surface area contributed by atoms with E-state index in [2.05, 4.69) is 26.0 Å². The quantitative estimate of drug-likeness (QED) is 0.646. The topological polar surface area (TPSA) is 67.4 Å². The molecule has 0 radical (unpaired) electrons. The van der Waals surface area contributed by atoms with Gasteiger partial charge in [-0.1, -0.05) is 13.0 Å². The molecule has 21 heavy (non-hydrogen) atoms. The molecule has 0 bridgehead atoms. The predicted octanol–water partition coefficient (Wildman–Crippen LogP) is 2.18. The molecule has 0 aliphatic heterocycles. The van der Waals surface area contributed by atoms with Crippen LogP contribution in [0, 0.1) is 6.92 Å². The molecular weight excluding hydrogens is 356 g/mol. The summed E-state index contributed by atoms with van der Waals surface area (Å²) in [6.45, 7) is 6.29. The average Bonchev–Trinajstić information content (AvgIpc) is 2.44. The SMILES string of the molecule is CCNCc1cc(C)c(Br)c(S(=O)(=O)NCCCOC)c1. The first kappa shape index (κ1) is 18.6. The van der Waals surface area contributed by atoms with Gasteiger partial charge in [0.1, 0.15) is 0 Å². The number of nitrogens with one attached hydrogen (secondary N) is 2. The molecule has 0 saturated heterocycles. The number of halogens is 1. The van der Waals surface area contributed by atoms with Crippen LogP contribution in [0.3, 0.4) is 0 Å². The summed E-state index contributed by atoms with van der Waals surface area (Å²) >= 11 is 3.38. The lowest BCUT2D eigenvalue weighted by atomic mass is 10.1. The number of hydrogen-bond donors (Lipinski definition) is 2. The second-order valence-electron chi connectivity index (χ2n) is 4.75. The van der Waals surface area contributed by atoms with E-state index in [0.29, 0.717) is 30.6 Å². The summed E-state index contributed by atoms with van der Waals surface area (Å²) in [7, 11) is -1.93. The van der Waals surface area contributed by atoms with Gasteiger partial charge in [-0.2, -0.15) is 0 Å². The van der Waals surface area contributed by atoms with Gasteiger partial charge in [0, 0.05) is 31.3 Å². The summed E-state index contributed by atoms with van der Waals surface area (Å²) in [5.41, 5.74) is 1.86. The maximum Gasteiger partial charge on any atom is 0.241 e. The average molecular weight is 379 g/mol. The van der Waals surface area contributed by atoms with E-state index in [0.717, 1.165) is 17.7 Å². The van der Waals surface area contributed by atoms with Gasteiger partial charge < -0.3 is 10.1 Å². The van der Waals surface area contributed by atoms with Crippen LogP contribution in [0.25, 0.3) is 0 Å². The molecule has 5 nitrogen and oxygen atoms in total. The van der Waals surface area contributed by atoms with E-state index in [-0.39, 0.29) is 4.90 Å². The molecule has 0 fully saturated rings. The van der Waals surface area contributed by atoms with Crippen LogP contribution in [0.1, 0.15) is 24.5 Å². The van der Waals surface area contributed by atoms with Gasteiger partial charge in [0.2, 0.25) is 10.0 Å². The van der Waals surface area contributed by atoms with Crippen molar-refractivity contribution in [3.05, 3.63) is 27.7 Å². The summed E-state index contributed by atoms with van der Waals surface area (Å²) in [5.74, 6) is 0. The summed E-state index contributed by atoms with van der Waals surface area (Å²) < 4.78 is 32.9. The standard InChI is InChI=1S/C14H23BrN2O3S/c1-4-16-10-12-8-11(2)14(15)13(9-12)21(18,19)17-6-5-7-20-3/h8-9,16-17H,4-7,10H2,1-3H3. The van der Waals surface area contributed by atoms with Gasteiger partial charge >= 0.3 is 0 Å². The Balaban J connectivity index is 2.95. The van der Waals surface area contributed by atoms with Crippen LogP contribution in [-0.4, -0.2) is 35.2 Å². The molecule has 0 saturated carbocycles. The van der Waals surface area contributed by atoms with E-state index >= 15 is 0 Å². The minimum Gasteiger partial charge on any atom is -0.385 e. The highest BCUT2D eigenvalue weighted by Gasteiger charge is 2.19. The Kier molecular flexibility index (Phi) is 7.83. The molecule has 0 aliphatic rings. The fourth-order valence-electron chi connectivity index (χ4n) is 1.88. The molecule has 0 amide bonds. The molecule has 2 N–H and O–H groups in total. The summed E-state index contributed by atoms with van der Waals surface area (Å²) in [5, 5.41) is 3.20. The number of methoxy groups -OCH3 is 1. The fourth-order valence-corrected chi connectivity index (χ4v) is 4.02. The minimum absolute atomic E-state index is 0.285. The number of ether oxygens (including phenoxy) is 1. The van der Waals surface area contributed by atoms with Crippen molar-refractivity contribution in [1.29, 1.82) is 0 Å². The van der Waals surface area contributed by atoms with Crippen LogP contribution in [-0.2, 0) is 21.3 Å². The molecule has 1 aromatic rings. The molecule has 120 valence electrons. The molecule has 0 atom stereocenters. The van der Waals surface area contributed by atoms with Gasteiger partial charge in [-0.15, -0.1) is 0 Å². The number of benzene rings is 1. The Morgan fingerprint density at radius 3 is 2.67 bits per heavy atom. The Morgan fingerprint density at radius 1 is 1.33 bits per heavy atom. The number of hydrogen-bond acceptors (Lipinski definition) is 4. The predicted molar refractivity (Wildman–Crippen MR) is 87.9 cm³/mol. The third-order valence-electron chi connectivity index (χ3n) is 2.97. The van der Waals surface area contributed by atoms with Crippen LogP contribution in [0.2, 0.25) is 0 Å². The van der Waals surface area contributed by atoms with E-state index in [1.54, 1.807) is 13.2 Å². The molecule has 0 aromatic heterocycles. The van der Waals surface area contributed by atoms with Crippen LogP contribution < -0.4 is 10.0 Å². The normalized spacial score (nSPS) is 11.8. The first-order valence-electron chi connectivity index (χ1n) is 6.90. The van der Waals surface area contributed by atoms with Crippen molar-refractivity contribution in [2.24, 2.45) is 0 Å². The van der Waals surface area contributed by atoms with Gasteiger partial charge in [-0.3, -0.25) is 0 Å². The lowest BCUT2D eigenvalue weighted by molar-refractivity contribution is 0.196. The Hall–Kier alpha value is -0.470. The number of sulfonamides is 1. The minimum atomic E-state index is -3.52. The van der Waals surface area contributed by atoms with E-state index in [1.807, 2.05) is 19.9 Å². The van der Waals surface area contributed by atoms with Crippen molar-refractivity contribution >= 4 is 26.0 Å². The second kappa shape index (κ2) is 8.85. The van der Waals surface area contributed by atoms with Crippen LogP contribution in [0.15, 0.2) is 21.5 Å². The molecule has 0 spiro atoms. The monoisotopic (exact) mass is 378 g/mol. The van der Waals surface area contributed by atoms with Gasteiger partial charge in [0.05, 0.1) is 4.90 Å². The lowest BCUT2D eigenvalue weighted by Gasteiger charge is -2.13. The maximum atomic E-state index is 12.4. The molecular formula is C14H23BrN2O3S. The summed E-state index contributed by atoms with van der Waals surface area (Å²) in [6.07, 6.45) is 0.642. The highest BCUT2D eigenvalue weighted by molar-refractivity contribution is 9.10. The fraction of sp³-hybridized carbons (Fsp3) is 0.571. The van der Waals surface area contributed by atoms with E-state index < -0.39 is 10.0 Å². The van der Waals surface area contributed by atoms with E-state index in [4.69, 9.17) is 4.74 Å². The molecule has 0 aliphatic carbocycles. The zero-order chi connectivity index (χ0) is 15.9. The van der Waals surface area contributed by atoms with Crippen molar-refractivity contribution in [3.63, 3.8) is 0 Å². The van der Waals surface area contributed by atoms with Crippen molar-refractivity contribution in [2.45, 2.75) is 31.7 Å². The van der Waals surface area contributed by atoms with Gasteiger partial charge in [0.15, 0.2) is 0 Å². The van der Waals surface area contributed by atoms with Gasteiger partial charge in [-0.05, 0) is 53.0 Å². The molecule has 1 aromatic carbocycles. The van der Waals surface area contributed by atoms with Crippen LogP contribution >= 0.6 is 15.9 Å². The lowest BCUT2D eigenvalue weighted by Crippen LogP contribution is -2.26. The molecule has 7 heteroatoms.